The summed E-state index contributed by atoms with van der Waals surface area (Å²) in [5.74, 6) is -4.41. The van der Waals surface area contributed by atoms with Crippen LogP contribution in [0.25, 0.3) is 0 Å². The highest BCUT2D eigenvalue weighted by Crippen LogP contribution is 2.23. The molecule has 0 unspecified atom stereocenters. The van der Waals surface area contributed by atoms with Gasteiger partial charge in [0.05, 0.1) is 6.54 Å². The molecule has 1 aromatic heterocycles. The zero-order valence-electron chi connectivity index (χ0n) is 11.1. The summed E-state index contributed by atoms with van der Waals surface area (Å²) in [6, 6.07) is 0. The van der Waals surface area contributed by atoms with E-state index in [2.05, 4.69) is 20.3 Å². The molecule has 0 spiro atoms. The minimum absolute atomic E-state index is 0.176. The van der Waals surface area contributed by atoms with Gasteiger partial charge >= 0.3 is 12.3 Å². The van der Waals surface area contributed by atoms with Gasteiger partial charge in [-0.3, -0.25) is 0 Å². The molecule has 3 N–H and O–H groups in total. The summed E-state index contributed by atoms with van der Waals surface area (Å²) in [6.07, 6.45) is -3.77. The summed E-state index contributed by atoms with van der Waals surface area (Å²) in [6.45, 7) is 3.56. The van der Waals surface area contributed by atoms with E-state index in [-0.39, 0.29) is 17.8 Å². The second-order valence-corrected chi connectivity index (χ2v) is 3.90. The molecule has 1 heterocycles. The molecule has 0 bridgehead atoms. The van der Waals surface area contributed by atoms with Gasteiger partial charge in [-0.2, -0.15) is 23.7 Å². The van der Waals surface area contributed by atoms with E-state index in [0.29, 0.717) is 13.1 Å². The van der Waals surface area contributed by atoms with Crippen LogP contribution in [0.5, 0.6) is 0 Å². The van der Waals surface area contributed by atoms with E-state index in [1.807, 2.05) is 13.8 Å². The molecule has 1 aromatic rings. The maximum atomic E-state index is 12.8. The van der Waals surface area contributed by atoms with Crippen LogP contribution in [0.3, 0.4) is 0 Å². The predicted octanol–water partition coefficient (Wildman–Crippen LogP) is 1.61. The number of anilines is 3. The van der Waals surface area contributed by atoms with Crippen molar-refractivity contribution in [1.29, 1.82) is 0 Å². The van der Waals surface area contributed by atoms with Crippen molar-refractivity contribution in [2.24, 2.45) is 0 Å². The maximum absolute atomic E-state index is 12.8. The molecule has 0 amide bonds. The third-order valence-corrected chi connectivity index (χ3v) is 2.49. The molecule has 20 heavy (non-hydrogen) atoms. The van der Waals surface area contributed by atoms with Gasteiger partial charge < -0.3 is 16.0 Å². The molecule has 0 aliphatic rings. The molecule has 114 valence electrons. The van der Waals surface area contributed by atoms with Crippen LogP contribution in [-0.2, 0) is 0 Å². The summed E-state index contributed by atoms with van der Waals surface area (Å²) in [7, 11) is 0. The van der Waals surface area contributed by atoms with Crippen LogP contribution in [0, 0.1) is 0 Å². The Morgan fingerprint density at radius 3 is 2.30 bits per heavy atom. The Hall–Kier alpha value is -1.87. The molecule has 0 aromatic carbocycles. The smallest absolute Gasteiger partial charge is 0.324 e. The molecule has 0 saturated carbocycles. The number of nitrogens with two attached hydrogens (primary N) is 1. The lowest BCUT2D eigenvalue weighted by molar-refractivity contribution is -0.117. The zero-order chi connectivity index (χ0) is 15.3. The summed E-state index contributed by atoms with van der Waals surface area (Å²) in [5, 5.41) is 2.05. The van der Waals surface area contributed by atoms with Crippen LogP contribution in [0.1, 0.15) is 13.8 Å². The van der Waals surface area contributed by atoms with Gasteiger partial charge in [0, 0.05) is 13.1 Å². The van der Waals surface area contributed by atoms with Crippen molar-refractivity contribution < 1.29 is 17.6 Å². The molecular formula is C10H16F4N6. The first-order valence-corrected chi connectivity index (χ1v) is 5.96. The summed E-state index contributed by atoms with van der Waals surface area (Å²) >= 11 is 0. The number of nitrogen functional groups attached to an aromatic ring is 1. The molecule has 0 aliphatic carbocycles. The van der Waals surface area contributed by atoms with Crippen LogP contribution in [0.4, 0.5) is 35.4 Å². The maximum Gasteiger partial charge on any atom is 0.324 e. The van der Waals surface area contributed by atoms with Crippen LogP contribution < -0.4 is 16.0 Å². The van der Waals surface area contributed by atoms with Crippen LogP contribution in [0.15, 0.2) is 0 Å². The molecule has 0 aliphatic heterocycles. The fourth-order valence-electron chi connectivity index (χ4n) is 1.38. The van der Waals surface area contributed by atoms with Crippen LogP contribution in [0.2, 0.25) is 0 Å². The normalized spacial score (nSPS) is 11.8. The van der Waals surface area contributed by atoms with Crippen molar-refractivity contribution in [2.45, 2.75) is 26.2 Å². The van der Waals surface area contributed by atoms with Crippen molar-refractivity contribution >= 4 is 17.8 Å². The van der Waals surface area contributed by atoms with Gasteiger partial charge in [0.15, 0.2) is 0 Å². The molecule has 10 heteroatoms. The largest absolute Gasteiger partial charge is 0.368 e. The van der Waals surface area contributed by atoms with Crippen molar-refractivity contribution in [3.8, 4) is 0 Å². The Bertz CT molecular complexity index is 438. The summed E-state index contributed by atoms with van der Waals surface area (Å²) in [5.41, 5.74) is 5.44. The first-order valence-electron chi connectivity index (χ1n) is 5.96. The number of alkyl halides is 4. The van der Waals surface area contributed by atoms with E-state index in [1.54, 1.807) is 4.90 Å². The van der Waals surface area contributed by atoms with E-state index in [0.717, 1.165) is 0 Å². The standard InChI is InChI=1S/C10H16F4N6/c1-3-20(4-2)9-18-7(15)17-8(19-9)16-5-10(13,14)6(11)12/h6H,3-5H2,1-2H3,(H3,15,16,17,18,19). The van der Waals surface area contributed by atoms with Gasteiger partial charge in [0.2, 0.25) is 17.8 Å². The Morgan fingerprint density at radius 1 is 1.20 bits per heavy atom. The highest BCUT2D eigenvalue weighted by atomic mass is 19.3. The number of aromatic nitrogens is 3. The first-order chi connectivity index (χ1) is 9.30. The average Bonchev–Trinajstić information content (AvgIpc) is 2.37. The minimum Gasteiger partial charge on any atom is -0.368 e. The van der Waals surface area contributed by atoms with Gasteiger partial charge in [-0.1, -0.05) is 0 Å². The van der Waals surface area contributed by atoms with E-state index < -0.39 is 18.9 Å². The van der Waals surface area contributed by atoms with Crippen molar-refractivity contribution in [3.05, 3.63) is 0 Å². The van der Waals surface area contributed by atoms with E-state index in [4.69, 9.17) is 5.73 Å². The zero-order valence-corrected chi connectivity index (χ0v) is 11.1. The number of hydrogen-bond acceptors (Lipinski definition) is 6. The number of nitrogens with zero attached hydrogens (tertiary/aromatic N) is 4. The SMILES string of the molecule is CCN(CC)c1nc(N)nc(NCC(F)(F)C(F)F)n1. The Labute approximate surface area is 113 Å². The summed E-state index contributed by atoms with van der Waals surface area (Å²) in [4.78, 5) is 13.0. The minimum atomic E-state index is -4.17. The van der Waals surface area contributed by atoms with Crippen LogP contribution >= 0.6 is 0 Å². The fourth-order valence-corrected chi connectivity index (χ4v) is 1.38. The Balaban J connectivity index is 2.86. The lowest BCUT2D eigenvalue weighted by Crippen LogP contribution is -2.35. The molecule has 0 fully saturated rings. The molecule has 0 radical (unpaired) electrons. The van der Waals surface area contributed by atoms with Gasteiger partial charge in [0.25, 0.3) is 0 Å². The van der Waals surface area contributed by atoms with Crippen LogP contribution in [-0.4, -0.2) is 46.9 Å². The van der Waals surface area contributed by atoms with Gasteiger partial charge in [-0.15, -0.1) is 0 Å². The lowest BCUT2D eigenvalue weighted by atomic mass is 10.3. The second-order valence-electron chi connectivity index (χ2n) is 3.90. The molecule has 0 atom stereocenters. The highest BCUT2D eigenvalue weighted by Gasteiger charge is 2.40. The lowest BCUT2D eigenvalue weighted by Gasteiger charge is -2.20. The van der Waals surface area contributed by atoms with Gasteiger partial charge in [0.1, 0.15) is 0 Å². The van der Waals surface area contributed by atoms with Gasteiger partial charge in [-0.25, -0.2) is 8.78 Å². The van der Waals surface area contributed by atoms with Crippen molar-refractivity contribution in [2.75, 3.05) is 35.6 Å². The predicted molar refractivity (Wildman–Crippen MR) is 67.2 cm³/mol. The third-order valence-electron chi connectivity index (χ3n) is 2.49. The molecule has 0 saturated heterocycles. The number of hydrogen-bond donors (Lipinski definition) is 2. The molecule has 6 nitrogen and oxygen atoms in total. The molecular weight excluding hydrogens is 280 g/mol. The number of halogens is 4. The number of nitrogens with one attached hydrogen (secondary N) is 1. The van der Waals surface area contributed by atoms with Crippen molar-refractivity contribution in [1.82, 2.24) is 15.0 Å². The van der Waals surface area contributed by atoms with E-state index in [9.17, 15) is 17.6 Å². The monoisotopic (exact) mass is 296 g/mol. The topological polar surface area (TPSA) is 80.0 Å². The van der Waals surface area contributed by atoms with E-state index in [1.165, 1.54) is 0 Å². The second kappa shape index (κ2) is 6.53. The summed E-state index contributed by atoms with van der Waals surface area (Å²) < 4.78 is 49.7. The first kappa shape index (κ1) is 16.2. The quantitative estimate of drug-likeness (QED) is 0.744. The average molecular weight is 296 g/mol. The molecule has 1 rings (SSSR count). The van der Waals surface area contributed by atoms with E-state index >= 15 is 0 Å². The van der Waals surface area contributed by atoms with Crippen molar-refractivity contribution in [3.63, 3.8) is 0 Å². The van der Waals surface area contributed by atoms with Gasteiger partial charge in [-0.05, 0) is 13.8 Å². The Morgan fingerprint density at radius 2 is 1.80 bits per heavy atom. The highest BCUT2D eigenvalue weighted by molar-refractivity contribution is 5.41. The third kappa shape index (κ3) is 4.07. The Kier molecular flexibility index (Phi) is 5.28. The number of rotatable bonds is 7. The fraction of sp³-hybridized carbons (Fsp3) is 0.700.